The normalized spacial score (nSPS) is 12.2. The Bertz CT molecular complexity index is 321. The number of halogens is 2. The van der Waals surface area contributed by atoms with Crippen LogP contribution in [0.4, 0.5) is 8.78 Å². The van der Waals surface area contributed by atoms with E-state index in [-0.39, 0.29) is 13.2 Å². The molecule has 0 bridgehead atoms. The first-order valence-corrected chi connectivity index (χ1v) is 4.60. The van der Waals surface area contributed by atoms with Gasteiger partial charge in [0.05, 0.1) is 13.2 Å². The summed E-state index contributed by atoms with van der Waals surface area (Å²) in [6.45, 7) is 3.07. The molecule has 0 fully saturated rings. The van der Waals surface area contributed by atoms with Gasteiger partial charge in [0, 0.05) is 6.08 Å². The fourth-order valence-corrected chi connectivity index (χ4v) is 0.697. The highest BCUT2D eigenvalue weighted by Crippen LogP contribution is 2.11. The SMILES string of the molecule is CCOC(=O)/C=C/C(F)=C(/F)C(=O)OCC. The van der Waals surface area contributed by atoms with Gasteiger partial charge in [-0.05, 0) is 19.9 Å². The van der Waals surface area contributed by atoms with Gasteiger partial charge in [0.15, 0.2) is 5.83 Å². The molecule has 0 heterocycles. The van der Waals surface area contributed by atoms with Gasteiger partial charge in [0.25, 0.3) is 0 Å². The average molecular weight is 234 g/mol. The number of hydrogen-bond acceptors (Lipinski definition) is 4. The highest BCUT2D eigenvalue weighted by Gasteiger charge is 2.15. The van der Waals surface area contributed by atoms with E-state index in [4.69, 9.17) is 0 Å². The van der Waals surface area contributed by atoms with Crippen molar-refractivity contribution < 1.29 is 27.8 Å². The van der Waals surface area contributed by atoms with E-state index < -0.39 is 23.6 Å². The Labute approximate surface area is 91.5 Å². The molecule has 0 saturated carbocycles. The molecular weight excluding hydrogens is 222 g/mol. The molecule has 4 nitrogen and oxygen atoms in total. The van der Waals surface area contributed by atoms with Crippen LogP contribution in [0.5, 0.6) is 0 Å². The summed E-state index contributed by atoms with van der Waals surface area (Å²) < 4.78 is 34.4. The standard InChI is InChI=1S/C10H12F2O4/c1-3-15-8(13)6-5-7(11)9(12)10(14)16-4-2/h5-6H,3-4H2,1-2H3/b6-5+,9-7-. The van der Waals surface area contributed by atoms with E-state index in [1.807, 2.05) is 0 Å². The largest absolute Gasteiger partial charge is 0.463 e. The maximum absolute atomic E-state index is 12.9. The van der Waals surface area contributed by atoms with Crippen molar-refractivity contribution >= 4 is 11.9 Å². The first-order chi connectivity index (χ1) is 7.52. The van der Waals surface area contributed by atoms with Crippen molar-refractivity contribution in [3.63, 3.8) is 0 Å². The summed E-state index contributed by atoms with van der Waals surface area (Å²) >= 11 is 0. The van der Waals surface area contributed by atoms with Crippen LogP contribution in [0.15, 0.2) is 23.8 Å². The van der Waals surface area contributed by atoms with Crippen LogP contribution in [0.1, 0.15) is 13.8 Å². The first-order valence-electron chi connectivity index (χ1n) is 4.60. The summed E-state index contributed by atoms with van der Waals surface area (Å²) in [4.78, 5) is 21.4. The van der Waals surface area contributed by atoms with Gasteiger partial charge in [-0.3, -0.25) is 0 Å². The summed E-state index contributed by atoms with van der Waals surface area (Å²) in [6.07, 6.45) is 1.18. The summed E-state index contributed by atoms with van der Waals surface area (Å²) in [6, 6.07) is 0. The Balaban J connectivity index is 4.52. The van der Waals surface area contributed by atoms with E-state index >= 15 is 0 Å². The second-order valence-corrected chi connectivity index (χ2v) is 2.47. The minimum Gasteiger partial charge on any atom is -0.463 e. The lowest BCUT2D eigenvalue weighted by atomic mass is 10.4. The predicted molar refractivity (Wildman–Crippen MR) is 51.6 cm³/mol. The number of rotatable bonds is 5. The van der Waals surface area contributed by atoms with Crippen molar-refractivity contribution in [2.75, 3.05) is 13.2 Å². The monoisotopic (exact) mass is 234 g/mol. The molecule has 0 aromatic carbocycles. The minimum absolute atomic E-state index is 0.0683. The Kier molecular flexibility index (Phi) is 6.74. The van der Waals surface area contributed by atoms with Gasteiger partial charge in [-0.25, -0.2) is 14.0 Å². The average Bonchev–Trinajstić information content (AvgIpc) is 2.25. The zero-order valence-corrected chi connectivity index (χ0v) is 8.96. The maximum Gasteiger partial charge on any atom is 0.370 e. The number of carbonyl (C=O) groups excluding carboxylic acids is 2. The van der Waals surface area contributed by atoms with Crippen LogP contribution in [-0.4, -0.2) is 25.2 Å². The predicted octanol–water partition coefficient (Wildman–Crippen LogP) is 1.82. The molecule has 0 aliphatic heterocycles. The Morgan fingerprint density at radius 3 is 2.12 bits per heavy atom. The third-order valence-electron chi connectivity index (χ3n) is 1.32. The van der Waals surface area contributed by atoms with Crippen LogP contribution in [0.3, 0.4) is 0 Å². The lowest BCUT2D eigenvalue weighted by molar-refractivity contribution is -0.140. The summed E-state index contributed by atoms with van der Waals surface area (Å²) in [5, 5.41) is 0. The van der Waals surface area contributed by atoms with Gasteiger partial charge in [0.1, 0.15) is 0 Å². The molecule has 0 N–H and O–H groups in total. The molecule has 0 radical (unpaired) electrons. The van der Waals surface area contributed by atoms with Gasteiger partial charge in [-0.15, -0.1) is 0 Å². The molecule has 0 rings (SSSR count). The number of hydrogen-bond donors (Lipinski definition) is 0. The van der Waals surface area contributed by atoms with E-state index in [0.29, 0.717) is 12.2 Å². The Hall–Kier alpha value is -1.72. The number of carbonyl (C=O) groups is 2. The molecule has 0 spiro atoms. The second kappa shape index (κ2) is 7.56. The number of ether oxygens (including phenoxy) is 2. The van der Waals surface area contributed by atoms with Gasteiger partial charge >= 0.3 is 11.9 Å². The summed E-state index contributed by atoms with van der Waals surface area (Å²) in [5.74, 6) is -5.39. The fourth-order valence-electron chi connectivity index (χ4n) is 0.697. The maximum atomic E-state index is 12.9. The van der Waals surface area contributed by atoms with Gasteiger partial charge in [0.2, 0.25) is 5.83 Å². The first kappa shape index (κ1) is 14.3. The van der Waals surface area contributed by atoms with Crippen molar-refractivity contribution in [2.45, 2.75) is 13.8 Å². The molecule has 0 aliphatic rings. The van der Waals surface area contributed by atoms with Gasteiger partial charge < -0.3 is 9.47 Å². The topological polar surface area (TPSA) is 52.6 Å². The van der Waals surface area contributed by atoms with E-state index in [1.165, 1.54) is 6.92 Å². The Morgan fingerprint density at radius 1 is 1.06 bits per heavy atom. The quantitative estimate of drug-likeness (QED) is 0.413. The van der Waals surface area contributed by atoms with Crippen LogP contribution in [0.2, 0.25) is 0 Å². The van der Waals surface area contributed by atoms with Crippen LogP contribution in [0.25, 0.3) is 0 Å². The molecule has 0 aliphatic carbocycles. The lowest BCUT2D eigenvalue weighted by Gasteiger charge is -1.98. The van der Waals surface area contributed by atoms with Crippen LogP contribution < -0.4 is 0 Å². The van der Waals surface area contributed by atoms with Crippen LogP contribution >= 0.6 is 0 Å². The van der Waals surface area contributed by atoms with Crippen molar-refractivity contribution in [3.05, 3.63) is 23.8 Å². The van der Waals surface area contributed by atoms with E-state index in [1.54, 1.807) is 6.92 Å². The highest BCUT2D eigenvalue weighted by molar-refractivity contribution is 5.88. The van der Waals surface area contributed by atoms with Gasteiger partial charge in [-0.1, -0.05) is 0 Å². The molecule has 16 heavy (non-hydrogen) atoms. The van der Waals surface area contributed by atoms with E-state index in [0.717, 1.165) is 0 Å². The van der Waals surface area contributed by atoms with Crippen LogP contribution in [-0.2, 0) is 19.1 Å². The minimum atomic E-state index is -1.68. The fraction of sp³-hybridized carbons (Fsp3) is 0.400. The molecule has 0 aromatic rings. The number of esters is 2. The smallest absolute Gasteiger partial charge is 0.370 e. The van der Waals surface area contributed by atoms with Gasteiger partial charge in [-0.2, -0.15) is 4.39 Å². The van der Waals surface area contributed by atoms with E-state index in [2.05, 4.69) is 9.47 Å². The number of allylic oxidation sites excluding steroid dienone is 2. The molecule has 0 saturated heterocycles. The van der Waals surface area contributed by atoms with Crippen molar-refractivity contribution in [1.29, 1.82) is 0 Å². The summed E-state index contributed by atoms with van der Waals surface area (Å²) in [5.41, 5.74) is 0. The zero-order chi connectivity index (χ0) is 12.6. The molecule has 0 atom stereocenters. The molecule has 6 heteroatoms. The zero-order valence-electron chi connectivity index (χ0n) is 8.96. The lowest BCUT2D eigenvalue weighted by Crippen LogP contribution is -2.05. The molecular formula is C10H12F2O4. The highest BCUT2D eigenvalue weighted by atomic mass is 19.2. The van der Waals surface area contributed by atoms with E-state index in [9.17, 15) is 18.4 Å². The van der Waals surface area contributed by atoms with Crippen molar-refractivity contribution in [3.8, 4) is 0 Å². The molecule has 0 unspecified atom stereocenters. The third kappa shape index (κ3) is 5.23. The van der Waals surface area contributed by atoms with Crippen molar-refractivity contribution in [2.24, 2.45) is 0 Å². The van der Waals surface area contributed by atoms with Crippen LogP contribution in [0, 0.1) is 0 Å². The molecule has 0 amide bonds. The second-order valence-electron chi connectivity index (χ2n) is 2.47. The van der Waals surface area contributed by atoms with Crippen molar-refractivity contribution in [1.82, 2.24) is 0 Å². The summed E-state index contributed by atoms with van der Waals surface area (Å²) in [7, 11) is 0. The Morgan fingerprint density at radius 2 is 1.62 bits per heavy atom. The molecule has 0 aromatic heterocycles. The molecule has 90 valence electrons. The third-order valence-corrected chi connectivity index (χ3v) is 1.32.